The zero-order chi connectivity index (χ0) is 19.4. The summed E-state index contributed by atoms with van der Waals surface area (Å²) in [6.45, 7) is 3.88. The molecule has 0 radical (unpaired) electrons. The van der Waals surface area contributed by atoms with Gasteiger partial charge in [0, 0.05) is 11.8 Å². The molecule has 0 saturated carbocycles. The van der Waals surface area contributed by atoms with E-state index in [1.807, 2.05) is 19.9 Å². The lowest BCUT2D eigenvalue weighted by Crippen LogP contribution is -2.07. The SMILES string of the molecule is COc1cc(/C=C/C(=O)Nc2ccc3oc(=O)[nH]c3c2)ccc1OC(C)C. The molecule has 2 N–H and O–H groups in total. The number of fused-ring (bicyclic) bond motifs is 1. The van der Waals surface area contributed by atoms with Crippen molar-refractivity contribution in [3.05, 3.63) is 58.6 Å². The van der Waals surface area contributed by atoms with E-state index in [2.05, 4.69) is 10.3 Å². The number of benzene rings is 2. The third-order valence-corrected chi connectivity index (χ3v) is 3.66. The predicted octanol–water partition coefficient (Wildman–Crippen LogP) is 3.57. The Morgan fingerprint density at radius 3 is 2.74 bits per heavy atom. The Morgan fingerprint density at radius 2 is 2.00 bits per heavy atom. The maximum absolute atomic E-state index is 12.1. The molecule has 1 amide bonds. The zero-order valence-electron chi connectivity index (χ0n) is 15.2. The number of ether oxygens (including phenoxy) is 2. The van der Waals surface area contributed by atoms with Gasteiger partial charge in [0.25, 0.3) is 0 Å². The molecule has 7 heteroatoms. The number of nitrogens with one attached hydrogen (secondary N) is 2. The summed E-state index contributed by atoms with van der Waals surface area (Å²) in [5.74, 6) is 0.408. The van der Waals surface area contributed by atoms with Crippen molar-refractivity contribution in [3.8, 4) is 11.5 Å². The van der Waals surface area contributed by atoms with E-state index in [-0.39, 0.29) is 12.0 Å². The second-order valence-corrected chi connectivity index (χ2v) is 6.12. The normalized spacial score (nSPS) is 11.3. The summed E-state index contributed by atoms with van der Waals surface area (Å²) in [4.78, 5) is 25.9. The monoisotopic (exact) mass is 368 g/mol. The standard InChI is InChI=1S/C20H20N2O5/c1-12(2)26-17-7-4-13(10-18(17)25-3)5-9-19(23)21-14-6-8-16-15(11-14)22-20(24)27-16/h4-12H,1-3H3,(H,21,23)(H,22,24)/b9-5+. The predicted molar refractivity (Wildman–Crippen MR) is 103 cm³/mol. The minimum atomic E-state index is -0.535. The number of hydrogen-bond acceptors (Lipinski definition) is 5. The number of anilines is 1. The van der Waals surface area contributed by atoms with Crippen LogP contribution in [0.3, 0.4) is 0 Å². The van der Waals surface area contributed by atoms with Gasteiger partial charge in [-0.3, -0.25) is 9.78 Å². The zero-order valence-corrected chi connectivity index (χ0v) is 15.2. The van der Waals surface area contributed by atoms with Gasteiger partial charge in [-0.25, -0.2) is 4.79 Å². The lowest BCUT2D eigenvalue weighted by atomic mass is 10.2. The van der Waals surface area contributed by atoms with E-state index in [0.717, 1.165) is 5.56 Å². The Balaban J connectivity index is 1.70. The highest BCUT2D eigenvalue weighted by atomic mass is 16.5. The molecule has 3 aromatic rings. The summed E-state index contributed by atoms with van der Waals surface area (Å²) in [5.41, 5.74) is 2.30. The van der Waals surface area contributed by atoms with Crippen molar-refractivity contribution in [2.45, 2.75) is 20.0 Å². The molecular formula is C20H20N2O5. The summed E-state index contributed by atoms with van der Waals surface area (Å²) < 4.78 is 15.9. The Kier molecular flexibility index (Phi) is 5.30. The molecule has 1 aromatic heterocycles. The van der Waals surface area contributed by atoms with E-state index >= 15 is 0 Å². The fraction of sp³-hybridized carbons (Fsp3) is 0.200. The van der Waals surface area contributed by atoms with Crippen molar-refractivity contribution in [1.29, 1.82) is 0 Å². The lowest BCUT2D eigenvalue weighted by Gasteiger charge is -2.13. The molecule has 1 heterocycles. The van der Waals surface area contributed by atoms with E-state index in [1.54, 1.807) is 43.5 Å². The number of aromatic nitrogens is 1. The highest BCUT2D eigenvalue weighted by Crippen LogP contribution is 2.29. The molecule has 0 aliphatic carbocycles. The number of carbonyl (C=O) groups is 1. The van der Waals surface area contributed by atoms with Crippen LogP contribution in [-0.4, -0.2) is 24.1 Å². The summed E-state index contributed by atoms with van der Waals surface area (Å²) >= 11 is 0. The van der Waals surface area contributed by atoms with E-state index < -0.39 is 5.76 Å². The van der Waals surface area contributed by atoms with E-state index in [4.69, 9.17) is 13.9 Å². The minimum absolute atomic E-state index is 0.0357. The summed E-state index contributed by atoms with van der Waals surface area (Å²) in [7, 11) is 1.57. The molecule has 0 aliphatic heterocycles. The number of H-pyrrole nitrogens is 1. The van der Waals surface area contributed by atoms with Crippen LogP contribution in [0.15, 0.2) is 51.7 Å². The van der Waals surface area contributed by atoms with Crippen molar-refractivity contribution < 1.29 is 18.7 Å². The third-order valence-electron chi connectivity index (χ3n) is 3.66. The first-order chi connectivity index (χ1) is 12.9. The molecule has 0 atom stereocenters. The lowest BCUT2D eigenvalue weighted by molar-refractivity contribution is -0.111. The molecule has 140 valence electrons. The number of methoxy groups -OCH3 is 1. The summed E-state index contributed by atoms with van der Waals surface area (Å²) in [6, 6.07) is 10.3. The minimum Gasteiger partial charge on any atom is -0.493 e. The molecule has 7 nitrogen and oxygen atoms in total. The number of aromatic amines is 1. The highest BCUT2D eigenvalue weighted by Gasteiger charge is 2.07. The first kappa shape index (κ1) is 18.3. The first-order valence-corrected chi connectivity index (χ1v) is 8.41. The smallest absolute Gasteiger partial charge is 0.417 e. The average molecular weight is 368 g/mol. The molecule has 0 bridgehead atoms. The van der Waals surface area contributed by atoms with Crippen LogP contribution in [0.2, 0.25) is 0 Å². The van der Waals surface area contributed by atoms with Gasteiger partial charge >= 0.3 is 5.76 Å². The molecule has 0 aliphatic rings. The Labute approximate surface area is 155 Å². The van der Waals surface area contributed by atoms with Crippen LogP contribution in [0.1, 0.15) is 19.4 Å². The fourth-order valence-electron chi connectivity index (χ4n) is 2.52. The third kappa shape index (κ3) is 4.58. The number of carbonyl (C=O) groups excluding carboxylic acids is 1. The van der Waals surface area contributed by atoms with Crippen molar-refractivity contribution in [2.75, 3.05) is 12.4 Å². The van der Waals surface area contributed by atoms with E-state index in [0.29, 0.717) is 28.3 Å². The van der Waals surface area contributed by atoms with Crippen LogP contribution in [0.4, 0.5) is 5.69 Å². The van der Waals surface area contributed by atoms with Gasteiger partial charge in [0.15, 0.2) is 17.1 Å². The van der Waals surface area contributed by atoms with Gasteiger partial charge in [-0.2, -0.15) is 0 Å². The summed E-state index contributed by atoms with van der Waals surface area (Å²) in [6.07, 6.45) is 3.13. The number of oxazole rings is 1. The molecule has 0 saturated heterocycles. The molecule has 0 fully saturated rings. The second-order valence-electron chi connectivity index (χ2n) is 6.12. The average Bonchev–Trinajstić information content (AvgIpc) is 2.99. The number of hydrogen-bond donors (Lipinski definition) is 2. The number of amides is 1. The first-order valence-electron chi connectivity index (χ1n) is 8.41. The van der Waals surface area contributed by atoms with Gasteiger partial charge in [0.05, 0.1) is 18.7 Å². The van der Waals surface area contributed by atoms with Crippen molar-refractivity contribution in [1.82, 2.24) is 4.98 Å². The van der Waals surface area contributed by atoms with Crippen LogP contribution >= 0.6 is 0 Å². The van der Waals surface area contributed by atoms with Crippen LogP contribution in [0.25, 0.3) is 17.2 Å². The molecule has 3 rings (SSSR count). The second kappa shape index (κ2) is 7.82. The van der Waals surface area contributed by atoms with E-state index in [1.165, 1.54) is 6.08 Å². The van der Waals surface area contributed by atoms with Crippen molar-refractivity contribution >= 4 is 28.8 Å². The molecule has 0 unspecified atom stereocenters. The van der Waals surface area contributed by atoms with Gasteiger partial charge in [-0.15, -0.1) is 0 Å². The largest absolute Gasteiger partial charge is 0.493 e. The molecule has 2 aromatic carbocycles. The van der Waals surface area contributed by atoms with Gasteiger partial charge in [0.2, 0.25) is 5.91 Å². The number of rotatable bonds is 6. The maximum Gasteiger partial charge on any atom is 0.417 e. The summed E-state index contributed by atoms with van der Waals surface area (Å²) in [5, 5.41) is 2.73. The quantitative estimate of drug-likeness (QED) is 0.649. The van der Waals surface area contributed by atoms with Crippen LogP contribution in [-0.2, 0) is 4.79 Å². The fourth-order valence-corrected chi connectivity index (χ4v) is 2.52. The van der Waals surface area contributed by atoms with Crippen LogP contribution in [0.5, 0.6) is 11.5 Å². The topological polar surface area (TPSA) is 93.6 Å². The Bertz CT molecular complexity index is 1050. The van der Waals surface area contributed by atoms with Crippen molar-refractivity contribution in [3.63, 3.8) is 0 Å². The molecule has 0 spiro atoms. The van der Waals surface area contributed by atoms with Crippen LogP contribution in [0, 0.1) is 0 Å². The Hall–Kier alpha value is -3.48. The van der Waals surface area contributed by atoms with Gasteiger partial charge < -0.3 is 19.2 Å². The maximum atomic E-state index is 12.1. The molecule has 27 heavy (non-hydrogen) atoms. The van der Waals surface area contributed by atoms with Gasteiger partial charge in [0.1, 0.15) is 0 Å². The van der Waals surface area contributed by atoms with Crippen molar-refractivity contribution in [2.24, 2.45) is 0 Å². The van der Waals surface area contributed by atoms with Gasteiger partial charge in [-0.05, 0) is 55.8 Å². The van der Waals surface area contributed by atoms with Gasteiger partial charge in [-0.1, -0.05) is 6.07 Å². The molecular weight excluding hydrogens is 348 g/mol. The van der Waals surface area contributed by atoms with Crippen LogP contribution < -0.4 is 20.5 Å². The Morgan fingerprint density at radius 1 is 1.19 bits per heavy atom. The van der Waals surface area contributed by atoms with E-state index in [9.17, 15) is 9.59 Å². The highest BCUT2D eigenvalue weighted by molar-refractivity contribution is 6.02.